The van der Waals surface area contributed by atoms with Gasteiger partial charge in [-0.1, -0.05) is 17.7 Å². The summed E-state index contributed by atoms with van der Waals surface area (Å²) in [5, 5.41) is 3.47. The molecule has 1 aliphatic rings. The van der Waals surface area contributed by atoms with Gasteiger partial charge >= 0.3 is 0 Å². The third-order valence-corrected chi connectivity index (χ3v) is 4.41. The molecule has 0 saturated carbocycles. The van der Waals surface area contributed by atoms with Crippen molar-refractivity contribution >= 4 is 24.0 Å². The maximum atomic E-state index is 13.2. The van der Waals surface area contributed by atoms with Crippen LogP contribution in [0.15, 0.2) is 18.2 Å². The summed E-state index contributed by atoms with van der Waals surface area (Å²) in [4.78, 5) is 2.45. The van der Waals surface area contributed by atoms with Crippen LogP contribution in [0.1, 0.15) is 31.4 Å². The molecular formula is C15H23Cl2FN2. The molecule has 1 saturated heterocycles. The minimum Gasteiger partial charge on any atom is -0.319 e. The highest BCUT2D eigenvalue weighted by Crippen LogP contribution is 2.28. The van der Waals surface area contributed by atoms with Crippen LogP contribution in [-0.4, -0.2) is 31.6 Å². The summed E-state index contributed by atoms with van der Waals surface area (Å²) in [6.07, 6.45) is 2.44. The van der Waals surface area contributed by atoms with Crippen molar-refractivity contribution < 1.29 is 4.39 Å². The lowest BCUT2D eigenvalue weighted by molar-refractivity contribution is 0.141. The molecule has 1 aromatic rings. The number of rotatable bonds is 4. The van der Waals surface area contributed by atoms with Gasteiger partial charge in [0.25, 0.3) is 0 Å². The molecule has 1 atom stereocenters. The Morgan fingerprint density at radius 3 is 2.60 bits per heavy atom. The normalized spacial score (nSPS) is 18.6. The minimum atomic E-state index is -0.342. The van der Waals surface area contributed by atoms with E-state index < -0.39 is 0 Å². The van der Waals surface area contributed by atoms with Crippen LogP contribution in [0.4, 0.5) is 4.39 Å². The third kappa shape index (κ3) is 4.32. The van der Waals surface area contributed by atoms with Crippen molar-refractivity contribution in [1.82, 2.24) is 10.2 Å². The van der Waals surface area contributed by atoms with Crippen molar-refractivity contribution in [1.29, 1.82) is 0 Å². The van der Waals surface area contributed by atoms with Gasteiger partial charge in [0.15, 0.2) is 0 Å². The van der Waals surface area contributed by atoms with Crippen LogP contribution in [0.5, 0.6) is 0 Å². The average Bonchev–Trinajstić information content (AvgIpc) is 2.42. The number of nitrogens with zero attached hydrogens (tertiary/aromatic N) is 1. The molecule has 1 unspecified atom stereocenters. The lowest BCUT2D eigenvalue weighted by Crippen LogP contribution is -2.38. The zero-order valence-corrected chi connectivity index (χ0v) is 13.6. The Balaban J connectivity index is 0.00000200. The van der Waals surface area contributed by atoms with Crippen LogP contribution in [0.25, 0.3) is 0 Å². The van der Waals surface area contributed by atoms with Gasteiger partial charge in [0.05, 0.1) is 5.02 Å². The van der Waals surface area contributed by atoms with E-state index in [1.165, 1.54) is 18.9 Å². The first-order valence-electron chi connectivity index (χ1n) is 6.95. The van der Waals surface area contributed by atoms with E-state index in [9.17, 15) is 4.39 Å². The number of hydrogen-bond acceptors (Lipinski definition) is 2. The molecule has 1 aliphatic heterocycles. The van der Waals surface area contributed by atoms with E-state index in [1.807, 2.05) is 13.1 Å². The van der Waals surface area contributed by atoms with E-state index in [1.54, 1.807) is 6.07 Å². The summed E-state index contributed by atoms with van der Waals surface area (Å²) >= 11 is 5.86. The monoisotopic (exact) mass is 320 g/mol. The van der Waals surface area contributed by atoms with E-state index in [0.29, 0.717) is 6.04 Å². The van der Waals surface area contributed by atoms with Crippen LogP contribution in [0, 0.1) is 11.7 Å². The fourth-order valence-electron chi connectivity index (χ4n) is 2.82. The number of benzene rings is 1. The molecule has 1 N–H and O–H groups in total. The Labute approximate surface area is 132 Å². The molecule has 2 rings (SSSR count). The van der Waals surface area contributed by atoms with Crippen LogP contribution in [-0.2, 0) is 0 Å². The minimum absolute atomic E-state index is 0. The first kappa shape index (κ1) is 17.7. The van der Waals surface area contributed by atoms with Gasteiger partial charge in [0.2, 0.25) is 0 Å². The molecule has 0 bridgehead atoms. The number of nitrogens with one attached hydrogen (secondary N) is 1. The Morgan fingerprint density at radius 1 is 1.40 bits per heavy atom. The number of piperidine rings is 1. The molecular weight excluding hydrogens is 298 g/mol. The molecule has 0 spiro atoms. The topological polar surface area (TPSA) is 15.3 Å². The van der Waals surface area contributed by atoms with Crippen molar-refractivity contribution in [2.75, 3.05) is 26.7 Å². The molecule has 1 fully saturated rings. The highest BCUT2D eigenvalue weighted by Gasteiger charge is 2.23. The predicted molar refractivity (Wildman–Crippen MR) is 85.3 cm³/mol. The summed E-state index contributed by atoms with van der Waals surface area (Å²) in [5.74, 6) is 0.440. The van der Waals surface area contributed by atoms with Gasteiger partial charge in [-0.05, 0) is 70.1 Å². The number of halogens is 3. The van der Waals surface area contributed by atoms with Gasteiger partial charge in [-0.3, -0.25) is 4.90 Å². The Hall–Kier alpha value is -0.350. The molecule has 0 aromatic heterocycles. The molecule has 1 aromatic carbocycles. The quantitative estimate of drug-likeness (QED) is 0.905. The smallest absolute Gasteiger partial charge is 0.141 e. The molecule has 0 aliphatic carbocycles. The molecule has 20 heavy (non-hydrogen) atoms. The van der Waals surface area contributed by atoms with Gasteiger partial charge in [0, 0.05) is 6.04 Å². The second-order valence-electron chi connectivity index (χ2n) is 5.39. The van der Waals surface area contributed by atoms with E-state index in [2.05, 4.69) is 17.1 Å². The van der Waals surface area contributed by atoms with E-state index in [4.69, 9.17) is 11.6 Å². The van der Waals surface area contributed by atoms with Gasteiger partial charge in [-0.15, -0.1) is 12.4 Å². The fraction of sp³-hybridized carbons (Fsp3) is 0.600. The number of hydrogen-bond donors (Lipinski definition) is 1. The molecule has 0 amide bonds. The summed E-state index contributed by atoms with van der Waals surface area (Å²) in [7, 11) is 2.01. The van der Waals surface area contributed by atoms with Crippen LogP contribution < -0.4 is 5.32 Å². The predicted octanol–water partition coefficient (Wildman–Crippen LogP) is 3.89. The maximum Gasteiger partial charge on any atom is 0.141 e. The van der Waals surface area contributed by atoms with Crippen molar-refractivity contribution in [2.45, 2.75) is 25.8 Å². The standard InChI is InChI=1S/C15H22ClFN2.ClH/c1-11(13-3-4-15(17)14(16)9-13)19-7-5-12(6-8-19)10-18-2;/h3-4,9,11-12,18H,5-8,10H2,1-2H3;1H. The Morgan fingerprint density at radius 2 is 2.05 bits per heavy atom. The Kier molecular flexibility index (Phi) is 7.24. The number of likely N-dealkylation sites (tertiary alicyclic amines) is 1. The molecule has 5 heteroatoms. The van der Waals surface area contributed by atoms with Crippen molar-refractivity contribution in [3.05, 3.63) is 34.6 Å². The van der Waals surface area contributed by atoms with Gasteiger partial charge in [-0.2, -0.15) is 0 Å². The van der Waals surface area contributed by atoms with Crippen molar-refractivity contribution in [3.63, 3.8) is 0 Å². The largest absolute Gasteiger partial charge is 0.319 e. The second-order valence-corrected chi connectivity index (χ2v) is 5.79. The molecule has 0 radical (unpaired) electrons. The van der Waals surface area contributed by atoms with Crippen molar-refractivity contribution in [2.24, 2.45) is 5.92 Å². The summed E-state index contributed by atoms with van der Waals surface area (Å²) < 4.78 is 13.2. The first-order valence-corrected chi connectivity index (χ1v) is 7.33. The second kappa shape index (κ2) is 8.18. The summed E-state index contributed by atoms with van der Waals surface area (Å²) in [6.45, 7) is 5.47. The van der Waals surface area contributed by atoms with Crippen LogP contribution >= 0.6 is 24.0 Å². The van der Waals surface area contributed by atoms with Gasteiger partial charge in [0.1, 0.15) is 5.82 Å². The van der Waals surface area contributed by atoms with E-state index in [-0.39, 0.29) is 23.2 Å². The summed E-state index contributed by atoms with van der Waals surface area (Å²) in [5.41, 5.74) is 1.10. The highest BCUT2D eigenvalue weighted by molar-refractivity contribution is 6.30. The SMILES string of the molecule is CNCC1CCN(C(C)c2ccc(F)c(Cl)c2)CC1.Cl. The zero-order valence-electron chi connectivity index (χ0n) is 12.0. The van der Waals surface area contributed by atoms with E-state index >= 15 is 0 Å². The van der Waals surface area contributed by atoms with E-state index in [0.717, 1.165) is 31.1 Å². The average molecular weight is 321 g/mol. The molecule has 1 heterocycles. The fourth-order valence-corrected chi connectivity index (χ4v) is 3.01. The summed E-state index contributed by atoms with van der Waals surface area (Å²) in [6, 6.07) is 5.35. The first-order chi connectivity index (χ1) is 9.11. The Bertz CT molecular complexity index is 420. The lowest BCUT2D eigenvalue weighted by atomic mass is 9.94. The lowest BCUT2D eigenvalue weighted by Gasteiger charge is -2.36. The third-order valence-electron chi connectivity index (χ3n) is 4.12. The maximum absolute atomic E-state index is 13.2. The highest BCUT2D eigenvalue weighted by atomic mass is 35.5. The van der Waals surface area contributed by atoms with Crippen molar-refractivity contribution in [3.8, 4) is 0 Å². The molecule has 2 nitrogen and oxygen atoms in total. The zero-order chi connectivity index (χ0) is 13.8. The van der Waals surface area contributed by atoms with Gasteiger partial charge < -0.3 is 5.32 Å². The molecule has 114 valence electrons. The van der Waals surface area contributed by atoms with Gasteiger partial charge in [-0.25, -0.2) is 4.39 Å². The van der Waals surface area contributed by atoms with Crippen LogP contribution in [0.2, 0.25) is 5.02 Å². The van der Waals surface area contributed by atoms with Crippen LogP contribution in [0.3, 0.4) is 0 Å².